The van der Waals surface area contributed by atoms with Gasteiger partial charge in [-0.05, 0) is 19.1 Å². The van der Waals surface area contributed by atoms with Crippen molar-refractivity contribution in [3.63, 3.8) is 0 Å². The number of imidazole rings is 1. The van der Waals surface area contributed by atoms with E-state index in [4.69, 9.17) is 0 Å². The maximum absolute atomic E-state index is 4.42. The average molecular weight is 216 g/mol. The molecule has 0 aliphatic carbocycles. The SMILES string of the molecule is C[C@@H]1CN(n2cnc3ccccc32)CCN1. The molecular weight excluding hydrogens is 200 g/mol. The molecule has 0 amide bonds. The fourth-order valence-corrected chi connectivity index (χ4v) is 2.28. The molecule has 1 aromatic carbocycles. The predicted octanol–water partition coefficient (Wildman–Crippen LogP) is 0.966. The van der Waals surface area contributed by atoms with Crippen molar-refractivity contribution in [1.82, 2.24) is 15.0 Å². The number of benzene rings is 1. The molecule has 1 aliphatic rings. The van der Waals surface area contributed by atoms with E-state index >= 15 is 0 Å². The van der Waals surface area contributed by atoms with E-state index < -0.39 is 0 Å². The zero-order valence-corrected chi connectivity index (χ0v) is 9.43. The first kappa shape index (κ1) is 9.66. The van der Waals surface area contributed by atoms with Crippen LogP contribution < -0.4 is 10.3 Å². The highest BCUT2D eigenvalue weighted by atomic mass is 15.6. The molecule has 4 heteroatoms. The van der Waals surface area contributed by atoms with E-state index in [0.717, 1.165) is 25.2 Å². The van der Waals surface area contributed by atoms with Crippen LogP contribution in [-0.2, 0) is 0 Å². The van der Waals surface area contributed by atoms with E-state index in [0.29, 0.717) is 6.04 Å². The zero-order valence-electron chi connectivity index (χ0n) is 9.43. The van der Waals surface area contributed by atoms with Crippen molar-refractivity contribution in [3.05, 3.63) is 30.6 Å². The minimum absolute atomic E-state index is 0.537. The summed E-state index contributed by atoms with van der Waals surface area (Å²) in [7, 11) is 0. The summed E-state index contributed by atoms with van der Waals surface area (Å²) >= 11 is 0. The average Bonchev–Trinajstić information content (AvgIpc) is 2.72. The summed E-state index contributed by atoms with van der Waals surface area (Å²) < 4.78 is 2.17. The first-order valence-electron chi connectivity index (χ1n) is 5.75. The molecule has 3 rings (SSSR count). The van der Waals surface area contributed by atoms with Crippen molar-refractivity contribution in [2.24, 2.45) is 0 Å². The number of hydrogen-bond donors (Lipinski definition) is 1. The van der Waals surface area contributed by atoms with E-state index in [2.05, 4.69) is 45.1 Å². The Morgan fingerprint density at radius 2 is 2.25 bits per heavy atom. The summed E-state index contributed by atoms with van der Waals surface area (Å²) in [4.78, 5) is 4.42. The Morgan fingerprint density at radius 1 is 1.38 bits per heavy atom. The lowest BCUT2D eigenvalue weighted by atomic mass is 10.2. The summed E-state index contributed by atoms with van der Waals surface area (Å²) in [6.07, 6.45) is 1.92. The van der Waals surface area contributed by atoms with Gasteiger partial charge in [-0.2, -0.15) is 0 Å². The summed E-state index contributed by atoms with van der Waals surface area (Å²) in [5.74, 6) is 0. The van der Waals surface area contributed by atoms with E-state index in [-0.39, 0.29) is 0 Å². The highest BCUT2D eigenvalue weighted by Crippen LogP contribution is 2.13. The van der Waals surface area contributed by atoms with E-state index in [1.165, 1.54) is 5.52 Å². The van der Waals surface area contributed by atoms with Crippen LogP contribution in [0.1, 0.15) is 6.92 Å². The Morgan fingerprint density at radius 3 is 3.12 bits per heavy atom. The maximum Gasteiger partial charge on any atom is 0.116 e. The molecule has 1 aromatic heterocycles. The number of piperazine rings is 1. The molecule has 0 spiro atoms. The Labute approximate surface area is 94.9 Å². The molecule has 1 aliphatic heterocycles. The van der Waals surface area contributed by atoms with Crippen LogP contribution in [0, 0.1) is 0 Å². The Kier molecular flexibility index (Phi) is 2.29. The smallest absolute Gasteiger partial charge is 0.116 e. The van der Waals surface area contributed by atoms with Crippen molar-refractivity contribution in [3.8, 4) is 0 Å². The topological polar surface area (TPSA) is 33.1 Å². The van der Waals surface area contributed by atoms with Gasteiger partial charge in [0, 0.05) is 25.7 Å². The third-order valence-corrected chi connectivity index (χ3v) is 3.09. The normalized spacial score (nSPS) is 21.6. The number of para-hydroxylation sites is 2. The van der Waals surface area contributed by atoms with Crippen LogP contribution in [-0.4, -0.2) is 35.3 Å². The second-order valence-electron chi connectivity index (χ2n) is 4.35. The Hall–Kier alpha value is -1.55. The van der Waals surface area contributed by atoms with Gasteiger partial charge < -0.3 is 10.3 Å². The largest absolute Gasteiger partial charge is 0.311 e. The van der Waals surface area contributed by atoms with Gasteiger partial charge in [0.05, 0.1) is 11.0 Å². The molecule has 1 atom stereocenters. The molecule has 84 valence electrons. The fraction of sp³-hybridized carbons (Fsp3) is 0.417. The number of nitrogens with zero attached hydrogens (tertiary/aromatic N) is 3. The molecule has 16 heavy (non-hydrogen) atoms. The molecule has 1 saturated heterocycles. The lowest BCUT2D eigenvalue weighted by Crippen LogP contribution is -2.53. The molecule has 2 heterocycles. The molecule has 0 bridgehead atoms. The highest BCUT2D eigenvalue weighted by molar-refractivity contribution is 5.75. The fourth-order valence-electron chi connectivity index (χ4n) is 2.28. The van der Waals surface area contributed by atoms with Crippen LogP contribution >= 0.6 is 0 Å². The third kappa shape index (κ3) is 1.55. The number of hydrogen-bond acceptors (Lipinski definition) is 3. The van der Waals surface area contributed by atoms with Crippen molar-refractivity contribution in [2.75, 3.05) is 24.6 Å². The summed E-state index contributed by atoms with van der Waals surface area (Å²) in [6.45, 7) is 5.31. The molecule has 1 fully saturated rings. The Balaban J connectivity index is 1.99. The van der Waals surface area contributed by atoms with Gasteiger partial charge in [-0.3, -0.25) is 0 Å². The zero-order chi connectivity index (χ0) is 11.0. The van der Waals surface area contributed by atoms with Gasteiger partial charge in [-0.25, -0.2) is 9.66 Å². The monoisotopic (exact) mass is 216 g/mol. The van der Waals surface area contributed by atoms with E-state index in [9.17, 15) is 0 Å². The molecule has 0 saturated carbocycles. The van der Waals surface area contributed by atoms with Crippen molar-refractivity contribution < 1.29 is 0 Å². The second kappa shape index (κ2) is 3.79. The molecule has 4 nitrogen and oxygen atoms in total. The molecule has 0 radical (unpaired) electrons. The quantitative estimate of drug-likeness (QED) is 0.771. The maximum atomic E-state index is 4.42. The van der Waals surface area contributed by atoms with Crippen LogP contribution in [0.3, 0.4) is 0 Å². The van der Waals surface area contributed by atoms with Gasteiger partial charge in [-0.1, -0.05) is 12.1 Å². The summed E-state index contributed by atoms with van der Waals surface area (Å²) in [5, 5.41) is 5.79. The number of aromatic nitrogens is 2. The Bertz CT molecular complexity index is 490. The molecular formula is C12H16N4. The van der Waals surface area contributed by atoms with Crippen molar-refractivity contribution >= 4 is 11.0 Å². The van der Waals surface area contributed by atoms with Gasteiger partial charge in [0.15, 0.2) is 0 Å². The summed E-state index contributed by atoms with van der Waals surface area (Å²) in [5.41, 5.74) is 2.25. The van der Waals surface area contributed by atoms with Crippen LogP contribution in [0.2, 0.25) is 0 Å². The van der Waals surface area contributed by atoms with Crippen LogP contribution in [0.5, 0.6) is 0 Å². The van der Waals surface area contributed by atoms with Crippen LogP contribution in [0.15, 0.2) is 30.6 Å². The summed E-state index contributed by atoms with van der Waals surface area (Å²) in [6, 6.07) is 8.80. The van der Waals surface area contributed by atoms with E-state index in [1.54, 1.807) is 0 Å². The minimum Gasteiger partial charge on any atom is -0.311 e. The van der Waals surface area contributed by atoms with Gasteiger partial charge in [0.25, 0.3) is 0 Å². The van der Waals surface area contributed by atoms with Crippen molar-refractivity contribution in [2.45, 2.75) is 13.0 Å². The first-order chi connectivity index (χ1) is 7.84. The standard InChI is InChI=1S/C12H16N4/c1-10-8-15(7-6-13-10)16-9-14-11-4-2-3-5-12(11)16/h2-5,9-10,13H,6-8H2,1H3/t10-/m1/s1. The van der Waals surface area contributed by atoms with Gasteiger partial charge in [0.1, 0.15) is 6.33 Å². The van der Waals surface area contributed by atoms with Crippen LogP contribution in [0.25, 0.3) is 11.0 Å². The number of rotatable bonds is 1. The number of fused-ring (bicyclic) bond motifs is 1. The lowest BCUT2D eigenvalue weighted by molar-refractivity contribution is 0.425. The van der Waals surface area contributed by atoms with Gasteiger partial charge in [-0.15, -0.1) is 0 Å². The predicted molar refractivity (Wildman–Crippen MR) is 65.1 cm³/mol. The highest BCUT2D eigenvalue weighted by Gasteiger charge is 2.17. The lowest BCUT2D eigenvalue weighted by Gasteiger charge is -2.34. The number of nitrogens with one attached hydrogen (secondary N) is 1. The van der Waals surface area contributed by atoms with E-state index in [1.807, 2.05) is 12.4 Å². The minimum atomic E-state index is 0.537. The molecule has 0 unspecified atom stereocenters. The molecule has 2 aromatic rings. The molecule has 1 N–H and O–H groups in total. The van der Waals surface area contributed by atoms with Gasteiger partial charge >= 0.3 is 0 Å². The van der Waals surface area contributed by atoms with Gasteiger partial charge in [0.2, 0.25) is 0 Å². The second-order valence-corrected chi connectivity index (χ2v) is 4.35. The first-order valence-corrected chi connectivity index (χ1v) is 5.75. The van der Waals surface area contributed by atoms with Crippen LogP contribution in [0.4, 0.5) is 0 Å². The van der Waals surface area contributed by atoms with Crippen molar-refractivity contribution in [1.29, 1.82) is 0 Å². The third-order valence-electron chi connectivity index (χ3n) is 3.09.